The molecule has 0 unspecified atom stereocenters. The molecule has 3 rings (SSSR count). The largest absolute Gasteiger partial charge is 0.464 e. The molecule has 1 heterocycles. The highest BCUT2D eigenvalue weighted by atomic mass is 16.6. The normalized spacial score (nSPS) is 10.6. The third kappa shape index (κ3) is 4.17. The minimum Gasteiger partial charge on any atom is -0.464 e. The van der Waals surface area contributed by atoms with Gasteiger partial charge in [0.2, 0.25) is 0 Å². The maximum Gasteiger partial charge on any atom is 0.310 e. The molecule has 0 fully saturated rings. The molecule has 0 aliphatic rings. The van der Waals surface area contributed by atoms with Crippen LogP contribution in [0.4, 0.5) is 11.4 Å². The number of rotatable bonds is 6. The molecule has 1 N–H and O–H groups in total. The number of carbonyl (C=O) groups is 2. The number of amides is 1. The van der Waals surface area contributed by atoms with Crippen LogP contribution >= 0.6 is 0 Å². The van der Waals surface area contributed by atoms with Crippen LogP contribution in [-0.2, 0) is 20.7 Å². The number of fused-ring (bicyclic) bond motifs is 1. The summed E-state index contributed by atoms with van der Waals surface area (Å²) < 4.78 is 10.5. The van der Waals surface area contributed by atoms with E-state index in [1.54, 1.807) is 6.07 Å². The van der Waals surface area contributed by atoms with Gasteiger partial charge < -0.3 is 14.5 Å². The number of aryl methyl sites for hydroxylation is 2. The molecule has 0 aliphatic heterocycles. The van der Waals surface area contributed by atoms with E-state index in [4.69, 9.17) is 9.15 Å². The molecule has 0 aliphatic carbocycles. The number of esters is 1. The van der Waals surface area contributed by atoms with E-state index < -0.39 is 23.4 Å². The van der Waals surface area contributed by atoms with Gasteiger partial charge in [0.1, 0.15) is 11.3 Å². The molecule has 1 aromatic heterocycles. The highest BCUT2D eigenvalue weighted by Crippen LogP contribution is 2.25. The number of nitro benzene ring substituents is 1. The van der Waals surface area contributed by atoms with E-state index in [1.165, 1.54) is 24.5 Å². The summed E-state index contributed by atoms with van der Waals surface area (Å²) in [5.74, 6) is -1.26. The smallest absolute Gasteiger partial charge is 0.310 e. The molecule has 0 bridgehead atoms. The lowest BCUT2D eigenvalue weighted by Crippen LogP contribution is -2.22. The molecular weight excluding hydrogens is 364 g/mol. The summed E-state index contributed by atoms with van der Waals surface area (Å²) in [6.07, 6.45) is 1.45. The van der Waals surface area contributed by atoms with Crippen molar-refractivity contribution in [3.8, 4) is 0 Å². The Hall–Kier alpha value is -3.68. The maximum atomic E-state index is 12.1. The van der Waals surface area contributed by atoms with Crippen molar-refractivity contribution in [2.24, 2.45) is 0 Å². The van der Waals surface area contributed by atoms with Crippen molar-refractivity contribution < 1.29 is 23.7 Å². The fourth-order valence-electron chi connectivity index (χ4n) is 2.75. The Labute approximate surface area is 160 Å². The second-order valence-corrected chi connectivity index (χ2v) is 6.35. The van der Waals surface area contributed by atoms with E-state index in [2.05, 4.69) is 5.32 Å². The van der Waals surface area contributed by atoms with E-state index >= 15 is 0 Å². The van der Waals surface area contributed by atoms with Gasteiger partial charge >= 0.3 is 5.97 Å². The Kier molecular flexibility index (Phi) is 5.39. The predicted octanol–water partition coefficient (Wildman–Crippen LogP) is 3.68. The lowest BCUT2D eigenvalue weighted by atomic mass is 10.0. The summed E-state index contributed by atoms with van der Waals surface area (Å²) in [5.41, 5.74) is 3.31. The van der Waals surface area contributed by atoms with Crippen molar-refractivity contribution in [3.63, 3.8) is 0 Å². The first kappa shape index (κ1) is 19.1. The van der Waals surface area contributed by atoms with E-state index in [0.717, 1.165) is 16.5 Å². The first-order chi connectivity index (χ1) is 13.3. The van der Waals surface area contributed by atoms with E-state index in [9.17, 15) is 19.7 Å². The molecule has 0 saturated heterocycles. The fourth-order valence-corrected chi connectivity index (χ4v) is 2.75. The summed E-state index contributed by atoms with van der Waals surface area (Å²) in [7, 11) is 0. The van der Waals surface area contributed by atoms with Gasteiger partial charge in [-0.05, 0) is 43.2 Å². The second-order valence-electron chi connectivity index (χ2n) is 6.35. The van der Waals surface area contributed by atoms with E-state index in [-0.39, 0.29) is 17.8 Å². The van der Waals surface area contributed by atoms with Crippen LogP contribution in [0.1, 0.15) is 16.7 Å². The lowest BCUT2D eigenvalue weighted by molar-refractivity contribution is -0.383. The van der Waals surface area contributed by atoms with Crippen LogP contribution in [0.3, 0.4) is 0 Å². The standard InChI is InChI=1S/C20H18N2O6/c1-12-7-15-14(10-27-18(15)8-13(12)2)9-20(24)28-11-19(23)21-16-5-3-4-6-17(16)22(25)26/h3-8,10H,9,11H2,1-2H3,(H,21,23). The number of benzene rings is 2. The van der Waals surface area contributed by atoms with Crippen molar-refractivity contribution in [1.82, 2.24) is 0 Å². The lowest BCUT2D eigenvalue weighted by Gasteiger charge is -2.07. The van der Waals surface area contributed by atoms with Crippen molar-refractivity contribution in [3.05, 3.63) is 69.5 Å². The summed E-state index contributed by atoms with van der Waals surface area (Å²) >= 11 is 0. The van der Waals surface area contributed by atoms with Crippen molar-refractivity contribution >= 4 is 34.2 Å². The predicted molar refractivity (Wildman–Crippen MR) is 102 cm³/mol. The van der Waals surface area contributed by atoms with Gasteiger partial charge in [-0.2, -0.15) is 0 Å². The summed E-state index contributed by atoms with van der Waals surface area (Å²) in [6.45, 7) is 3.40. The van der Waals surface area contributed by atoms with E-state index in [1.807, 2.05) is 26.0 Å². The van der Waals surface area contributed by atoms with Gasteiger partial charge in [-0.3, -0.25) is 19.7 Å². The van der Waals surface area contributed by atoms with Crippen molar-refractivity contribution in [1.29, 1.82) is 0 Å². The van der Waals surface area contributed by atoms with Crippen LogP contribution in [0.15, 0.2) is 47.1 Å². The van der Waals surface area contributed by atoms with Crippen LogP contribution in [0.5, 0.6) is 0 Å². The zero-order chi connectivity index (χ0) is 20.3. The van der Waals surface area contributed by atoms with Gasteiger partial charge in [0, 0.05) is 17.0 Å². The monoisotopic (exact) mass is 382 g/mol. The first-order valence-corrected chi connectivity index (χ1v) is 8.51. The summed E-state index contributed by atoms with van der Waals surface area (Å²) in [5, 5.41) is 14.2. The number of nitrogens with zero attached hydrogens (tertiary/aromatic N) is 1. The second kappa shape index (κ2) is 7.91. The zero-order valence-electron chi connectivity index (χ0n) is 15.4. The molecule has 1 amide bonds. The average Bonchev–Trinajstić information content (AvgIpc) is 3.02. The van der Waals surface area contributed by atoms with Crippen molar-refractivity contribution in [2.45, 2.75) is 20.3 Å². The third-order valence-electron chi connectivity index (χ3n) is 4.34. The number of furan rings is 1. The molecule has 144 valence electrons. The summed E-state index contributed by atoms with van der Waals surface area (Å²) in [6, 6.07) is 9.57. The first-order valence-electron chi connectivity index (χ1n) is 8.51. The van der Waals surface area contributed by atoms with Gasteiger partial charge in [0.25, 0.3) is 11.6 Å². The minimum absolute atomic E-state index is 0.0419. The Balaban J connectivity index is 1.60. The minimum atomic E-state index is -0.661. The average molecular weight is 382 g/mol. The molecular formula is C20H18N2O6. The maximum absolute atomic E-state index is 12.1. The van der Waals surface area contributed by atoms with Crippen LogP contribution in [0.25, 0.3) is 11.0 Å². The zero-order valence-corrected chi connectivity index (χ0v) is 15.4. The quantitative estimate of drug-likeness (QED) is 0.395. The van der Waals surface area contributed by atoms with Gasteiger partial charge in [-0.25, -0.2) is 0 Å². The van der Waals surface area contributed by atoms with Gasteiger partial charge in [-0.1, -0.05) is 12.1 Å². The van der Waals surface area contributed by atoms with Crippen LogP contribution < -0.4 is 5.32 Å². The van der Waals surface area contributed by atoms with Crippen LogP contribution in [0.2, 0.25) is 0 Å². The molecule has 8 heteroatoms. The molecule has 28 heavy (non-hydrogen) atoms. The Morgan fingerprint density at radius 3 is 2.64 bits per heavy atom. The molecule has 8 nitrogen and oxygen atoms in total. The molecule has 3 aromatic rings. The molecule has 0 saturated carbocycles. The SMILES string of the molecule is Cc1cc2occ(CC(=O)OCC(=O)Nc3ccccc3[N+](=O)[O-])c2cc1C. The Morgan fingerprint density at radius 1 is 1.18 bits per heavy atom. The van der Waals surface area contributed by atoms with Gasteiger partial charge in [-0.15, -0.1) is 0 Å². The van der Waals surface area contributed by atoms with Crippen LogP contribution in [0, 0.1) is 24.0 Å². The number of ether oxygens (including phenoxy) is 1. The summed E-state index contributed by atoms with van der Waals surface area (Å²) in [4.78, 5) is 34.4. The highest BCUT2D eigenvalue weighted by Gasteiger charge is 2.17. The Bertz CT molecular complexity index is 1070. The molecule has 0 radical (unpaired) electrons. The van der Waals surface area contributed by atoms with Gasteiger partial charge in [0.15, 0.2) is 6.61 Å². The van der Waals surface area contributed by atoms with Crippen LogP contribution in [-0.4, -0.2) is 23.4 Å². The third-order valence-corrected chi connectivity index (χ3v) is 4.34. The van der Waals surface area contributed by atoms with Crippen molar-refractivity contribution in [2.75, 3.05) is 11.9 Å². The number of nitrogens with one attached hydrogen (secondary N) is 1. The molecule has 0 spiro atoms. The topological polar surface area (TPSA) is 112 Å². The molecule has 0 atom stereocenters. The van der Waals surface area contributed by atoms with E-state index in [0.29, 0.717) is 11.1 Å². The Morgan fingerprint density at radius 2 is 1.89 bits per heavy atom. The number of carbonyl (C=O) groups excluding carboxylic acids is 2. The van der Waals surface area contributed by atoms with Gasteiger partial charge in [0.05, 0.1) is 17.6 Å². The number of anilines is 1. The number of hydrogen-bond acceptors (Lipinski definition) is 6. The highest BCUT2D eigenvalue weighted by molar-refractivity contribution is 5.95. The molecule has 2 aromatic carbocycles. The number of para-hydroxylation sites is 2. The fraction of sp³-hybridized carbons (Fsp3) is 0.200. The number of hydrogen-bond donors (Lipinski definition) is 1. The number of nitro groups is 1.